The number of fused-ring (bicyclic) bond motifs is 2. The maximum absolute atomic E-state index is 11.6. The van der Waals surface area contributed by atoms with E-state index in [1.54, 1.807) is 0 Å². The summed E-state index contributed by atoms with van der Waals surface area (Å²) in [7, 11) is 0. The number of aromatic nitrogens is 3. The van der Waals surface area contributed by atoms with Crippen molar-refractivity contribution in [2.75, 3.05) is 5.32 Å². The SMILES string of the molecule is NC1C(=O)Nc2cc(Sc3nnc4ccccn34)ccc21. The zero-order valence-corrected chi connectivity index (χ0v) is 11.7. The summed E-state index contributed by atoms with van der Waals surface area (Å²) in [6, 6.07) is 10.9. The molecule has 7 heteroatoms. The van der Waals surface area contributed by atoms with E-state index in [1.807, 2.05) is 47.0 Å². The van der Waals surface area contributed by atoms with Crippen molar-refractivity contribution in [2.45, 2.75) is 16.1 Å². The molecule has 1 aliphatic heterocycles. The Hall–Kier alpha value is -2.38. The van der Waals surface area contributed by atoms with Crippen LogP contribution in [0.15, 0.2) is 52.6 Å². The summed E-state index contributed by atoms with van der Waals surface area (Å²) in [5, 5.41) is 11.9. The Balaban J connectivity index is 1.70. The summed E-state index contributed by atoms with van der Waals surface area (Å²) in [6.07, 6.45) is 1.92. The van der Waals surface area contributed by atoms with Crippen LogP contribution >= 0.6 is 11.8 Å². The molecule has 1 amide bonds. The lowest BCUT2D eigenvalue weighted by Gasteiger charge is -2.04. The molecule has 0 radical (unpaired) electrons. The van der Waals surface area contributed by atoms with Crippen LogP contribution in [0.2, 0.25) is 0 Å². The maximum Gasteiger partial charge on any atom is 0.245 e. The lowest BCUT2D eigenvalue weighted by Crippen LogP contribution is -2.19. The Morgan fingerprint density at radius 1 is 1.24 bits per heavy atom. The van der Waals surface area contributed by atoms with E-state index in [4.69, 9.17) is 5.73 Å². The number of benzene rings is 1. The molecule has 0 bridgehead atoms. The minimum Gasteiger partial charge on any atom is -0.324 e. The summed E-state index contributed by atoms with van der Waals surface area (Å²) in [6.45, 7) is 0. The highest BCUT2D eigenvalue weighted by molar-refractivity contribution is 7.99. The van der Waals surface area contributed by atoms with Crippen molar-refractivity contribution in [3.63, 3.8) is 0 Å². The first kappa shape index (κ1) is 12.4. The molecule has 1 aromatic carbocycles. The topological polar surface area (TPSA) is 85.3 Å². The monoisotopic (exact) mass is 297 g/mol. The van der Waals surface area contributed by atoms with Gasteiger partial charge in [-0.1, -0.05) is 12.1 Å². The molecular formula is C14H11N5OS. The molecule has 0 saturated heterocycles. The fourth-order valence-electron chi connectivity index (χ4n) is 2.32. The molecule has 2 aromatic heterocycles. The predicted octanol–water partition coefficient (Wildman–Crippen LogP) is 1.83. The fraction of sp³-hybridized carbons (Fsp3) is 0.0714. The number of nitrogens with one attached hydrogen (secondary N) is 1. The van der Waals surface area contributed by atoms with Gasteiger partial charge in [0.25, 0.3) is 0 Å². The zero-order valence-electron chi connectivity index (χ0n) is 10.9. The van der Waals surface area contributed by atoms with Crippen molar-refractivity contribution in [1.29, 1.82) is 0 Å². The number of carbonyl (C=O) groups is 1. The van der Waals surface area contributed by atoms with Gasteiger partial charge in [0, 0.05) is 22.3 Å². The highest BCUT2D eigenvalue weighted by atomic mass is 32.2. The van der Waals surface area contributed by atoms with Gasteiger partial charge in [0.05, 0.1) is 0 Å². The molecule has 21 heavy (non-hydrogen) atoms. The van der Waals surface area contributed by atoms with E-state index >= 15 is 0 Å². The predicted molar refractivity (Wildman–Crippen MR) is 79.1 cm³/mol. The Bertz CT molecular complexity index is 859. The van der Waals surface area contributed by atoms with E-state index in [0.29, 0.717) is 0 Å². The van der Waals surface area contributed by atoms with Gasteiger partial charge in [-0.25, -0.2) is 0 Å². The molecule has 0 saturated carbocycles. The molecule has 1 aliphatic rings. The van der Waals surface area contributed by atoms with Crippen LogP contribution in [-0.2, 0) is 4.79 Å². The first-order valence-corrected chi connectivity index (χ1v) is 7.22. The Kier molecular flexibility index (Phi) is 2.69. The molecule has 4 rings (SSSR count). The quantitative estimate of drug-likeness (QED) is 0.754. The van der Waals surface area contributed by atoms with Crippen molar-refractivity contribution >= 4 is 29.0 Å². The Morgan fingerprint density at radius 2 is 2.14 bits per heavy atom. The highest BCUT2D eigenvalue weighted by Crippen LogP contribution is 2.35. The van der Waals surface area contributed by atoms with Gasteiger partial charge < -0.3 is 11.1 Å². The van der Waals surface area contributed by atoms with Crippen LogP contribution in [-0.4, -0.2) is 20.5 Å². The first-order valence-electron chi connectivity index (χ1n) is 6.40. The summed E-state index contributed by atoms with van der Waals surface area (Å²) in [5.74, 6) is -0.167. The molecule has 0 fully saturated rings. The maximum atomic E-state index is 11.6. The smallest absolute Gasteiger partial charge is 0.245 e. The number of nitrogens with zero attached hydrogens (tertiary/aromatic N) is 3. The second kappa shape index (κ2) is 4.57. The summed E-state index contributed by atoms with van der Waals surface area (Å²) >= 11 is 1.49. The van der Waals surface area contributed by atoms with E-state index in [1.165, 1.54) is 11.8 Å². The summed E-state index contributed by atoms with van der Waals surface area (Å²) in [4.78, 5) is 12.5. The molecule has 104 valence electrons. The van der Waals surface area contributed by atoms with Gasteiger partial charge in [0.2, 0.25) is 5.91 Å². The number of pyridine rings is 1. The molecule has 0 aliphatic carbocycles. The van der Waals surface area contributed by atoms with Crippen LogP contribution in [0.3, 0.4) is 0 Å². The number of carbonyl (C=O) groups excluding carboxylic acids is 1. The average Bonchev–Trinajstić information content (AvgIpc) is 3.02. The second-order valence-electron chi connectivity index (χ2n) is 4.73. The minimum atomic E-state index is -0.576. The van der Waals surface area contributed by atoms with Gasteiger partial charge >= 0.3 is 0 Å². The molecule has 1 unspecified atom stereocenters. The van der Waals surface area contributed by atoms with Gasteiger partial charge in [-0.15, -0.1) is 10.2 Å². The first-order chi connectivity index (χ1) is 10.2. The summed E-state index contributed by atoms with van der Waals surface area (Å²) in [5.41, 5.74) is 8.21. The zero-order chi connectivity index (χ0) is 14.4. The second-order valence-corrected chi connectivity index (χ2v) is 5.77. The highest BCUT2D eigenvalue weighted by Gasteiger charge is 2.27. The van der Waals surface area contributed by atoms with E-state index in [9.17, 15) is 4.79 Å². The van der Waals surface area contributed by atoms with Crippen molar-refractivity contribution in [3.05, 3.63) is 48.2 Å². The van der Waals surface area contributed by atoms with Crippen molar-refractivity contribution in [3.8, 4) is 0 Å². The average molecular weight is 297 g/mol. The number of anilines is 1. The van der Waals surface area contributed by atoms with Crippen LogP contribution in [0, 0.1) is 0 Å². The van der Waals surface area contributed by atoms with E-state index in [-0.39, 0.29) is 5.91 Å². The fourth-order valence-corrected chi connectivity index (χ4v) is 3.18. The van der Waals surface area contributed by atoms with Gasteiger partial charge in [-0.05, 0) is 36.0 Å². The molecule has 3 aromatic rings. The largest absolute Gasteiger partial charge is 0.324 e. The van der Waals surface area contributed by atoms with Crippen molar-refractivity contribution in [1.82, 2.24) is 14.6 Å². The van der Waals surface area contributed by atoms with Crippen LogP contribution in [0.5, 0.6) is 0 Å². The number of nitrogens with two attached hydrogens (primary N) is 1. The molecule has 0 spiro atoms. The van der Waals surface area contributed by atoms with Gasteiger partial charge in [-0.2, -0.15) is 0 Å². The lowest BCUT2D eigenvalue weighted by molar-refractivity contribution is -0.116. The van der Waals surface area contributed by atoms with Crippen molar-refractivity contribution in [2.24, 2.45) is 5.73 Å². The van der Waals surface area contributed by atoms with E-state index in [2.05, 4.69) is 15.5 Å². The molecule has 3 N–H and O–H groups in total. The van der Waals surface area contributed by atoms with Crippen LogP contribution < -0.4 is 11.1 Å². The standard InChI is InChI=1S/C14H11N5OS/c15-12-9-5-4-8(7-10(9)16-13(12)20)21-14-18-17-11-3-1-2-6-19(11)14/h1-7,12H,15H2,(H,16,20). The van der Waals surface area contributed by atoms with Crippen LogP contribution in [0.4, 0.5) is 5.69 Å². The van der Waals surface area contributed by atoms with Gasteiger partial charge in [-0.3, -0.25) is 9.20 Å². The Labute approximate surface area is 124 Å². The molecular weight excluding hydrogens is 286 g/mol. The third-order valence-corrected chi connectivity index (χ3v) is 4.34. The third-order valence-electron chi connectivity index (χ3n) is 3.39. The molecule has 3 heterocycles. The van der Waals surface area contributed by atoms with E-state index in [0.717, 1.165) is 26.9 Å². The number of hydrogen-bond donors (Lipinski definition) is 2. The molecule has 6 nitrogen and oxygen atoms in total. The normalized spacial score (nSPS) is 17.0. The third kappa shape index (κ3) is 1.98. The van der Waals surface area contributed by atoms with Gasteiger partial charge in [0.15, 0.2) is 10.8 Å². The number of rotatable bonds is 2. The lowest BCUT2D eigenvalue weighted by atomic mass is 10.1. The van der Waals surface area contributed by atoms with Crippen LogP contribution in [0.25, 0.3) is 5.65 Å². The van der Waals surface area contributed by atoms with Gasteiger partial charge in [0.1, 0.15) is 6.04 Å². The Morgan fingerprint density at radius 3 is 3.05 bits per heavy atom. The van der Waals surface area contributed by atoms with Crippen LogP contribution in [0.1, 0.15) is 11.6 Å². The van der Waals surface area contributed by atoms with Crippen molar-refractivity contribution < 1.29 is 4.79 Å². The minimum absolute atomic E-state index is 0.167. The van der Waals surface area contributed by atoms with E-state index < -0.39 is 6.04 Å². The number of amides is 1. The number of hydrogen-bond acceptors (Lipinski definition) is 5. The molecule has 1 atom stereocenters. The summed E-state index contributed by atoms with van der Waals surface area (Å²) < 4.78 is 1.92.